The summed E-state index contributed by atoms with van der Waals surface area (Å²) in [6.07, 6.45) is -0.465. The summed E-state index contributed by atoms with van der Waals surface area (Å²) in [5, 5.41) is 17.7. The number of alkyl carbamates (subject to hydrolysis) is 1. The molecule has 0 bridgehead atoms. The van der Waals surface area contributed by atoms with Crippen LogP contribution in [-0.4, -0.2) is 36.6 Å². The van der Waals surface area contributed by atoms with E-state index in [1.165, 1.54) is 0 Å². The Labute approximate surface area is 111 Å². The van der Waals surface area contributed by atoms with Crippen LogP contribution >= 0.6 is 0 Å². The highest BCUT2D eigenvalue weighted by Crippen LogP contribution is 2.04. The van der Waals surface area contributed by atoms with Gasteiger partial charge in [0.25, 0.3) is 0 Å². The topological polar surface area (TPSA) is 83.0 Å². The fourth-order valence-electron chi connectivity index (χ4n) is 1.92. The van der Waals surface area contributed by atoms with Crippen LogP contribution in [0.5, 0.6) is 0 Å². The number of benzene rings is 1. The molecule has 1 aromatic carbocycles. The predicted octanol–water partition coefficient (Wildman–Crippen LogP) is 0.962. The molecule has 1 aliphatic rings. The highest BCUT2D eigenvalue weighted by atomic mass is 16.5. The molecule has 1 fully saturated rings. The van der Waals surface area contributed by atoms with Crippen LogP contribution in [0.1, 0.15) is 5.56 Å². The molecule has 1 atom stereocenters. The van der Waals surface area contributed by atoms with E-state index in [9.17, 15) is 4.79 Å². The van der Waals surface area contributed by atoms with Gasteiger partial charge in [-0.05, 0) is 5.56 Å². The number of carbonyl (C=O) groups is 1. The first kappa shape index (κ1) is 13.4. The van der Waals surface area contributed by atoms with Gasteiger partial charge in [-0.2, -0.15) is 0 Å². The molecular formula is C13H17N3O3. The number of hydrogen-bond donors (Lipinski definition) is 3. The number of oxime groups is 1. The fraction of sp³-hybridized carbons (Fsp3) is 0.385. The molecule has 1 amide bonds. The van der Waals surface area contributed by atoms with E-state index in [2.05, 4.69) is 15.8 Å². The second-order valence-electron chi connectivity index (χ2n) is 4.36. The minimum atomic E-state index is -0.465. The Morgan fingerprint density at radius 3 is 3.00 bits per heavy atom. The zero-order chi connectivity index (χ0) is 13.5. The summed E-state index contributed by atoms with van der Waals surface area (Å²) >= 11 is 0. The molecule has 6 nitrogen and oxygen atoms in total. The third-order valence-electron chi connectivity index (χ3n) is 3.00. The van der Waals surface area contributed by atoms with Gasteiger partial charge in [0.2, 0.25) is 0 Å². The minimum absolute atomic E-state index is 0.0225. The van der Waals surface area contributed by atoms with Crippen molar-refractivity contribution in [2.24, 2.45) is 11.1 Å². The van der Waals surface area contributed by atoms with Crippen molar-refractivity contribution in [1.29, 1.82) is 0 Å². The summed E-state index contributed by atoms with van der Waals surface area (Å²) in [7, 11) is 0. The summed E-state index contributed by atoms with van der Waals surface area (Å²) in [5.74, 6) is 0.0225. The average Bonchev–Trinajstić information content (AvgIpc) is 2.91. The molecule has 0 saturated carbocycles. The molecular weight excluding hydrogens is 246 g/mol. The van der Waals surface area contributed by atoms with Crippen molar-refractivity contribution in [2.45, 2.75) is 6.61 Å². The van der Waals surface area contributed by atoms with Crippen LogP contribution in [0, 0.1) is 5.92 Å². The highest BCUT2D eigenvalue weighted by Gasteiger charge is 2.23. The van der Waals surface area contributed by atoms with Crippen LogP contribution in [0.3, 0.4) is 0 Å². The lowest BCUT2D eigenvalue weighted by Crippen LogP contribution is -2.33. The molecule has 1 aromatic rings. The smallest absolute Gasteiger partial charge is 0.407 e. The molecule has 1 aliphatic heterocycles. The number of hydrogen-bond acceptors (Lipinski definition) is 5. The summed E-state index contributed by atoms with van der Waals surface area (Å²) in [4.78, 5) is 11.5. The van der Waals surface area contributed by atoms with Gasteiger partial charge >= 0.3 is 6.09 Å². The van der Waals surface area contributed by atoms with Crippen molar-refractivity contribution in [1.82, 2.24) is 10.6 Å². The first-order valence-corrected chi connectivity index (χ1v) is 6.15. The van der Waals surface area contributed by atoms with Gasteiger partial charge in [0, 0.05) is 25.6 Å². The van der Waals surface area contributed by atoms with E-state index in [-0.39, 0.29) is 12.5 Å². The highest BCUT2D eigenvalue weighted by molar-refractivity contribution is 5.90. The normalized spacial score (nSPS) is 20.4. The maximum atomic E-state index is 11.5. The average molecular weight is 263 g/mol. The lowest BCUT2D eigenvalue weighted by molar-refractivity contribution is 0.139. The van der Waals surface area contributed by atoms with Gasteiger partial charge < -0.3 is 20.6 Å². The third-order valence-corrected chi connectivity index (χ3v) is 3.00. The lowest BCUT2D eigenvalue weighted by atomic mass is 10.1. The van der Waals surface area contributed by atoms with Crippen LogP contribution in [-0.2, 0) is 11.3 Å². The van der Waals surface area contributed by atoms with Gasteiger partial charge in [-0.15, -0.1) is 0 Å². The van der Waals surface area contributed by atoms with E-state index in [0.29, 0.717) is 25.3 Å². The number of carbonyl (C=O) groups excluding carboxylic acids is 1. The van der Waals surface area contributed by atoms with Crippen molar-refractivity contribution in [3.63, 3.8) is 0 Å². The van der Waals surface area contributed by atoms with Crippen molar-refractivity contribution in [3.8, 4) is 0 Å². The van der Waals surface area contributed by atoms with Crippen molar-refractivity contribution >= 4 is 11.8 Å². The number of rotatable bonds is 4. The number of nitrogens with one attached hydrogen (secondary N) is 2. The maximum Gasteiger partial charge on any atom is 0.407 e. The second kappa shape index (κ2) is 6.75. The second-order valence-corrected chi connectivity index (χ2v) is 4.36. The largest absolute Gasteiger partial charge is 0.445 e. The molecule has 19 heavy (non-hydrogen) atoms. The molecule has 3 N–H and O–H groups in total. The molecule has 1 saturated heterocycles. The number of nitrogens with zero attached hydrogens (tertiary/aromatic N) is 1. The van der Waals surface area contributed by atoms with Gasteiger partial charge in [-0.1, -0.05) is 35.5 Å². The summed E-state index contributed by atoms with van der Waals surface area (Å²) in [5.41, 5.74) is 1.60. The van der Waals surface area contributed by atoms with Gasteiger partial charge in [0.15, 0.2) is 0 Å². The first-order valence-electron chi connectivity index (χ1n) is 6.15. The molecule has 0 unspecified atom stereocenters. The quantitative estimate of drug-likeness (QED) is 0.558. The molecule has 0 spiro atoms. The van der Waals surface area contributed by atoms with Crippen LogP contribution in [0.15, 0.2) is 35.5 Å². The van der Waals surface area contributed by atoms with E-state index in [0.717, 1.165) is 5.56 Å². The Morgan fingerprint density at radius 2 is 2.26 bits per heavy atom. The minimum Gasteiger partial charge on any atom is -0.445 e. The van der Waals surface area contributed by atoms with Crippen molar-refractivity contribution in [2.75, 3.05) is 19.6 Å². The Hall–Kier alpha value is -2.08. The van der Waals surface area contributed by atoms with Gasteiger partial charge in [-0.3, -0.25) is 0 Å². The standard InChI is InChI=1S/C13H17N3O3/c17-13(19-9-10-4-2-1-3-5-10)15-7-11-6-14-8-12(11)16-18/h1-5,11,14,18H,6-9H2,(H,15,17)/t11-/m0/s1. The Bertz CT molecular complexity index is 448. The summed E-state index contributed by atoms with van der Waals surface area (Å²) in [6.45, 7) is 1.90. The van der Waals surface area contributed by atoms with Gasteiger partial charge in [-0.25, -0.2) is 4.79 Å². The molecule has 0 aromatic heterocycles. The SMILES string of the molecule is O=C(NC[C@@H]1CNCC1=NO)OCc1ccccc1. The molecule has 0 aliphatic carbocycles. The Kier molecular flexibility index (Phi) is 4.74. The van der Waals surface area contributed by atoms with Gasteiger partial charge in [0.05, 0.1) is 5.71 Å². The van der Waals surface area contributed by atoms with Crippen molar-refractivity contribution in [3.05, 3.63) is 35.9 Å². The fourth-order valence-corrected chi connectivity index (χ4v) is 1.92. The van der Waals surface area contributed by atoms with E-state index < -0.39 is 6.09 Å². The van der Waals surface area contributed by atoms with Crippen LogP contribution in [0.2, 0.25) is 0 Å². The zero-order valence-corrected chi connectivity index (χ0v) is 10.5. The predicted molar refractivity (Wildman–Crippen MR) is 70.2 cm³/mol. The van der Waals surface area contributed by atoms with E-state index in [4.69, 9.17) is 9.94 Å². The molecule has 1 heterocycles. The number of ether oxygens (including phenoxy) is 1. The summed E-state index contributed by atoms with van der Waals surface area (Å²) in [6, 6.07) is 9.48. The van der Waals surface area contributed by atoms with E-state index >= 15 is 0 Å². The Morgan fingerprint density at radius 1 is 1.47 bits per heavy atom. The van der Waals surface area contributed by atoms with E-state index in [1.807, 2.05) is 30.3 Å². The zero-order valence-electron chi connectivity index (χ0n) is 10.5. The monoisotopic (exact) mass is 263 g/mol. The van der Waals surface area contributed by atoms with Gasteiger partial charge in [0.1, 0.15) is 6.61 Å². The first-order chi connectivity index (χ1) is 9.29. The third kappa shape index (κ3) is 3.96. The molecule has 0 radical (unpaired) electrons. The van der Waals surface area contributed by atoms with Crippen LogP contribution in [0.4, 0.5) is 4.79 Å². The number of amides is 1. The molecule has 2 rings (SSSR count). The lowest BCUT2D eigenvalue weighted by Gasteiger charge is -2.11. The maximum absolute atomic E-state index is 11.5. The Balaban J connectivity index is 1.70. The summed E-state index contributed by atoms with van der Waals surface area (Å²) < 4.78 is 5.08. The van der Waals surface area contributed by atoms with Crippen molar-refractivity contribution < 1.29 is 14.7 Å². The van der Waals surface area contributed by atoms with E-state index in [1.54, 1.807) is 0 Å². The van der Waals surface area contributed by atoms with Crippen LogP contribution < -0.4 is 10.6 Å². The van der Waals surface area contributed by atoms with Crippen LogP contribution in [0.25, 0.3) is 0 Å². The molecule has 102 valence electrons. The molecule has 6 heteroatoms.